The second kappa shape index (κ2) is 47.1. The number of rotatable bonds is 51. The average molecular weight is 926 g/mol. The van der Waals surface area contributed by atoms with Crippen molar-refractivity contribution in [1.82, 2.24) is 5.32 Å². The second-order valence-corrected chi connectivity index (χ2v) is 21.8. The lowest BCUT2D eigenvalue weighted by molar-refractivity contribution is -0.870. The number of nitrogens with one attached hydrogen (secondary N) is 1. The highest BCUT2D eigenvalue weighted by atomic mass is 31.2. The Morgan fingerprint density at radius 3 is 1.23 bits per heavy atom. The molecular formula is C55H110N2O6P+. The highest BCUT2D eigenvalue weighted by Crippen LogP contribution is 2.43. The van der Waals surface area contributed by atoms with Crippen LogP contribution in [0.15, 0.2) is 24.3 Å². The van der Waals surface area contributed by atoms with E-state index in [0.717, 1.165) is 38.5 Å². The van der Waals surface area contributed by atoms with Gasteiger partial charge in [-0.25, -0.2) is 4.57 Å². The van der Waals surface area contributed by atoms with Crippen molar-refractivity contribution in [2.75, 3.05) is 40.9 Å². The van der Waals surface area contributed by atoms with E-state index < -0.39 is 20.0 Å². The molecule has 380 valence electrons. The van der Waals surface area contributed by atoms with Gasteiger partial charge in [-0.1, -0.05) is 263 Å². The predicted molar refractivity (Wildman–Crippen MR) is 277 cm³/mol. The van der Waals surface area contributed by atoms with Crippen LogP contribution in [0, 0.1) is 0 Å². The standard InChI is InChI=1S/C55H109N2O6P/c1-6-8-10-12-14-16-17-18-19-20-21-22-23-24-25-26-27-28-29-30-31-32-33-34-35-36-37-38-39-40-41-43-45-47-49-55(59)56-53(52-63-64(60,61)62-51-50-57(3,4)5)54(58)48-46-44-42-15-13-11-9-7-2/h13,15,46,48,53-54,58H,6-12,14,16-45,47,49-52H2,1-5H3,(H-,56,59,60,61)/p+1/b15-13+,48-46+. The highest BCUT2D eigenvalue weighted by molar-refractivity contribution is 7.47. The summed E-state index contributed by atoms with van der Waals surface area (Å²) in [6, 6.07) is -0.857. The Morgan fingerprint density at radius 1 is 0.516 bits per heavy atom. The Kier molecular flexibility index (Phi) is 46.3. The fraction of sp³-hybridized carbons (Fsp3) is 0.909. The number of quaternary nitrogens is 1. The molecule has 0 fully saturated rings. The number of amides is 1. The van der Waals surface area contributed by atoms with E-state index >= 15 is 0 Å². The monoisotopic (exact) mass is 926 g/mol. The summed E-state index contributed by atoms with van der Waals surface area (Å²) in [5.74, 6) is -0.186. The molecule has 0 aliphatic rings. The third kappa shape index (κ3) is 48.9. The zero-order valence-corrected chi connectivity index (χ0v) is 44.2. The smallest absolute Gasteiger partial charge is 0.387 e. The van der Waals surface area contributed by atoms with Crippen LogP contribution in [0.2, 0.25) is 0 Å². The molecule has 3 unspecified atom stereocenters. The molecule has 8 nitrogen and oxygen atoms in total. The van der Waals surface area contributed by atoms with Gasteiger partial charge in [0.25, 0.3) is 0 Å². The molecule has 3 N–H and O–H groups in total. The van der Waals surface area contributed by atoms with Crippen LogP contribution >= 0.6 is 7.82 Å². The zero-order chi connectivity index (χ0) is 47.1. The van der Waals surface area contributed by atoms with E-state index in [0.29, 0.717) is 17.4 Å². The van der Waals surface area contributed by atoms with Gasteiger partial charge in [0.1, 0.15) is 13.2 Å². The van der Waals surface area contributed by atoms with Crippen molar-refractivity contribution in [3.05, 3.63) is 24.3 Å². The van der Waals surface area contributed by atoms with Crippen molar-refractivity contribution in [3.63, 3.8) is 0 Å². The SMILES string of the molecule is CCCC/C=C/CC/C=C/C(O)C(COP(=O)(O)OCC[N+](C)(C)C)NC(=O)CCCCCCCCCCCCCCCCCCCCCCCCCCCCCCCCCCCC. The van der Waals surface area contributed by atoms with E-state index in [9.17, 15) is 19.4 Å². The first-order valence-electron chi connectivity index (χ1n) is 27.7. The molecule has 0 aliphatic carbocycles. The minimum atomic E-state index is -4.34. The van der Waals surface area contributed by atoms with Crippen LogP contribution in [0.3, 0.4) is 0 Å². The third-order valence-corrected chi connectivity index (χ3v) is 13.7. The molecule has 0 saturated carbocycles. The summed E-state index contributed by atoms with van der Waals surface area (Å²) in [7, 11) is 1.56. The Bertz CT molecular complexity index is 1090. The number of hydrogen-bond donors (Lipinski definition) is 3. The van der Waals surface area contributed by atoms with Crippen LogP contribution in [-0.4, -0.2) is 73.4 Å². The number of allylic oxidation sites excluding steroid dienone is 3. The molecule has 1 amide bonds. The Balaban J connectivity index is 3.82. The fourth-order valence-corrected chi connectivity index (χ4v) is 9.02. The Morgan fingerprint density at radius 2 is 0.859 bits per heavy atom. The van der Waals surface area contributed by atoms with E-state index in [-0.39, 0.29) is 19.1 Å². The van der Waals surface area contributed by atoms with Gasteiger partial charge in [0.05, 0.1) is 39.9 Å². The molecule has 0 bridgehead atoms. The molecule has 0 aromatic carbocycles. The predicted octanol–water partition coefficient (Wildman–Crippen LogP) is 16.4. The first-order chi connectivity index (χ1) is 31.0. The summed E-state index contributed by atoms with van der Waals surface area (Å²) in [4.78, 5) is 23.1. The topological polar surface area (TPSA) is 105 Å². The van der Waals surface area contributed by atoms with Crippen LogP contribution in [0.5, 0.6) is 0 Å². The minimum Gasteiger partial charge on any atom is -0.387 e. The van der Waals surface area contributed by atoms with Gasteiger partial charge < -0.3 is 19.8 Å². The number of nitrogens with zero attached hydrogens (tertiary/aromatic N) is 1. The summed E-state index contributed by atoms with van der Waals surface area (Å²) >= 11 is 0. The number of hydrogen-bond acceptors (Lipinski definition) is 5. The minimum absolute atomic E-state index is 0.0578. The highest BCUT2D eigenvalue weighted by Gasteiger charge is 2.27. The number of aliphatic hydroxyl groups is 1. The maximum atomic E-state index is 12.9. The van der Waals surface area contributed by atoms with Gasteiger partial charge in [-0.2, -0.15) is 0 Å². The van der Waals surface area contributed by atoms with Crippen molar-refractivity contribution in [2.45, 2.75) is 283 Å². The number of unbranched alkanes of at least 4 members (excludes halogenated alkanes) is 36. The number of carbonyl (C=O) groups excluding carboxylic acids is 1. The van der Waals surface area contributed by atoms with Crippen LogP contribution in [0.1, 0.15) is 271 Å². The zero-order valence-electron chi connectivity index (χ0n) is 43.3. The molecule has 0 aliphatic heterocycles. The molecule has 0 aromatic heterocycles. The number of aliphatic hydroxyl groups excluding tert-OH is 1. The maximum Gasteiger partial charge on any atom is 0.472 e. The van der Waals surface area contributed by atoms with Crippen LogP contribution in [0.4, 0.5) is 0 Å². The van der Waals surface area contributed by atoms with Crippen LogP contribution in [-0.2, 0) is 18.4 Å². The summed E-state index contributed by atoms with van der Waals surface area (Å²) < 4.78 is 23.5. The van der Waals surface area contributed by atoms with E-state index in [2.05, 4.69) is 31.3 Å². The molecule has 0 aromatic rings. The quantitative estimate of drug-likeness (QED) is 0.0243. The van der Waals surface area contributed by atoms with Crippen molar-refractivity contribution in [3.8, 4) is 0 Å². The summed E-state index contributed by atoms with van der Waals surface area (Å²) in [6.45, 7) is 4.74. The van der Waals surface area contributed by atoms with Crippen LogP contribution in [0.25, 0.3) is 0 Å². The van der Waals surface area contributed by atoms with E-state index in [4.69, 9.17) is 9.05 Å². The van der Waals surface area contributed by atoms with E-state index in [1.54, 1.807) is 6.08 Å². The molecule has 9 heteroatoms. The van der Waals surface area contributed by atoms with Crippen molar-refractivity contribution in [2.24, 2.45) is 0 Å². The van der Waals surface area contributed by atoms with E-state index in [1.165, 1.54) is 212 Å². The van der Waals surface area contributed by atoms with Gasteiger partial charge in [-0.3, -0.25) is 13.8 Å². The summed E-state index contributed by atoms with van der Waals surface area (Å²) in [6.07, 6.45) is 59.0. The lowest BCUT2D eigenvalue weighted by atomic mass is 10.0. The Labute approximate surface area is 398 Å². The fourth-order valence-electron chi connectivity index (χ4n) is 8.28. The summed E-state index contributed by atoms with van der Waals surface area (Å²) in [5, 5.41) is 13.7. The average Bonchev–Trinajstić information content (AvgIpc) is 3.25. The lowest BCUT2D eigenvalue weighted by Gasteiger charge is -2.25. The van der Waals surface area contributed by atoms with Gasteiger partial charge in [0.15, 0.2) is 0 Å². The Hall–Kier alpha value is -1.02. The molecule has 0 heterocycles. The van der Waals surface area contributed by atoms with E-state index in [1.807, 2.05) is 27.2 Å². The molecular weight excluding hydrogens is 816 g/mol. The lowest BCUT2D eigenvalue weighted by Crippen LogP contribution is -2.45. The third-order valence-electron chi connectivity index (χ3n) is 12.7. The number of phosphoric ester groups is 1. The number of likely N-dealkylation sites (N-methyl/N-ethyl adjacent to an activating group) is 1. The maximum absolute atomic E-state index is 12.9. The van der Waals surface area contributed by atoms with Crippen LogP contribution < -0.4 is 5.32 Å². The van der Waals surface area contributed by atoms with Crippen molar-refractivity contribution >= 4 is 13.7 Å². The van der Waals surface area contributed by atoms with Gasteiger partial charge >= 0.3 is 7.82 Å². The molecule has 0 rings (SSSR count). The number of carbonyl (C=O) groups is 1. The van der Waals surface area contributed by atoms with Gasteiger partial charge in [-0.05, 0) is 25.7 Å². The molecule has 64 heavy (non-hydrogen) atoms. The first kappa shape index (κ1) is 63.0. The molecule has 0 saturated heterocycles. The molecule has 3 atom stereocenters. The first-order valence-corrected chi connectivity index (χ1v) is 29.2. The second-order valence-electron chi connectivity index (χ2n) is 20.3. The van der Waals surface area contributed by atoms with Gasteiger partial charge in [-0.15, -0.1) is 0 Å². The molecule has 0 radical (unpaired) electrons. The molecule has 0 spiro atoms. The summed E-state index contributed by atoms with van der Waals surface area (Å²) in [5.41, 5.74) is 0. The normalized spacial score (nSPS) is 14.2. The van der Waals surface area contributed by atoms with Gasteiger partial charge in [0, 0.05) is 6.42 Å². The van der Waals surface area contributed by atoms with Gasteiger partial charge in [0.2, 0.25) is 5.91 Å². The van der Waals surface area contributed by atoms with Crippen molar-refractivity contribution < 1.29 is 32.9 Å². The van der Waals surface area contributed by atoms with Crippen molar-refractivity contribution in [1.29, 1.82) is 0 Å². The largest absolute Gasteiger partial charge is 0.472 e. The number of phosphoric acid groups is 1.